The molecule has 110 valence electrons. The summed E-state index contributed by atoms with van der Waals surface area (Å²) in [6.07, 6.45) is 0. The zero-order chi connectivity index (χ0) is 15.4. The van der Waals surface area contributed by atoms with Crippen molar-refractivity contribution in [2.75, 3.05) is 0 Å². The Labute approximate surface area is 123 Å². The van der Waals surface area contributed by atoms with Crippen LogP contribution in [0.5, 0.6) is 0 Å². The second-order valence-electron chi connectivity index (χ2n) is 5.07. The number of rotatable bonds is 4. The molecule has 21 heavy (non-hydrogen) atoms. The highest BCUT2D eigenvalue weighted by atomic mass is 16.2. The van der Waals surface area contributed by atoms with E-state index in [0.29, 0.717) is 0 Å². The molecule has 0 aromatic heterocycles. The molecular formula is C16H19N3O2. The van der Waals surface area contributed by atoms with E-state index in [9.17, 15) is 9.59 Å². The Bertz CT molecular complexity index is 669. The van der Waals surface area contributed by atoms with Crippen LogP contribution in [0.15, 0.2) is 42.5 Å². The highest BCUT2D eigenvalue weighted by Gasteiger charge is 2.17. The lowest BCUT2D eigenvalue weighted by molar-refractivity contribution is -0.121. The number of hydrogen-bond acceptors (Lipinski definition) is 3. The van der Waals surface area contributed by atoms with Crippen molar-refractivity contribution < 1.29 is 9.59 Å². The summed E-state index contributed by atoms with van der Waals surface area (Å²) in [5.74, 6) is -0.435. The monoisotopic (exact) mass is 285 g/mol. The number of urea groups is 1. The molecule has 2 atom stereocenters. The zero-order valence-electron chi connectivity index (χ0n) is 12.1. The van der Waals surface area contributed by atoms with Crippen molar-refractivity contribution in [3.8, 4) is 0 Å². The van der Waals surface area contributed by atoms with Gasteiger partial charge in [0.25, 0.3) is 0 Å². The fraction of sp³-hybridized carbons (Fsp3) is 0.250. The molecule has 0 aliphatic heterocycles. The summed E-state index contributed by atoms with van der Waals surface area (Å²) in [6.45, 7) is 3.66. The van der Waals surface area contributed by atoms with Gasteiger partial charge in [0.2, 0.25) is 5.91 Å². The van der Waals surface area contributed by atoms with E-state index in [4.69, 9.17) is 5.73 Å². The molecule has 2 aromatic rings. The van der Waals surface area contributed by atoms with Crippen molar-refractivity contribution in [1.29, 1.82) is 0 Å². The van der Waals surface area contributed by atoms with E-state index in [2.05, 4.69) is 34.9 Å². The Morgan fingerprint density at radius 3 is 2.38 bits per heavy atom. The molecule has 4 N–H and O–H groups in total. The Kier molecular flexibility index (Phi) is 4.55. The van der Waals surface area contributed by atoms with Gasteiger partial charge in [-0.2, -0.15) is 0 Å². The SMILES string of the molecule is C[C@H](N[C@H](C)C(=O)NC(N)=O)c1ccc2ccccc2c1. The molecule has 2 aromatic carbocycles. The van der Waals surface area contributed by atoms with Crippen molar-refractivity contribution in [1.82, 2.24) is 10.6 Å². The van der Waals surface area contributed by atoms with E-state index in [1.165, 1.54) is 5.39 Å². The first kappa shape index (κ1) is 15.0. The molecule has 0 radical (unpaired) electrons. The van der Waals surface area contributed by atoms with Crippen molar-refractivity contribution >= 4 is 22.7 Å². The number of fused-ring (bicyclic) bond motifs is 1. The highest BCUT2D eigenvalue weighted by Crippen LogP contribution is 2.20. The third kappa shape index (κ3) is 3.79. The highest BCUT2D eigenvalue weighted by molar-refractivity contribution is 5.96. The van der Waals surface area contributed by atoms with E-state index in [0.717, 1.165) is 10.9 Å². The molecular weight excluding hydrogens is 266 g/mol. The molecule has 2 rings (SSSR count). The van der Waals surface area contributed by atoms with Gasteiger partial charge >= 0.3 is 6.03 Å². The summed E-state index contributed by atoms with van der Waals surface area (Å²) in [6, 6.07) is 12.9. The molecule has 5 nitrogen and oxygen atoms in total. The zero-order valence-corrected chi connectivity index (χ0v) is 12.1. The molecule has 0 aliphatic rings. The summed E-state index contributed by atoms with van der Waals surface area (Å²) < 4.78 is 0. The number of carbonyl (C=O) groups is 2. The standard InChI is InChI=1S/C16H19N3O2/c1-10(18-11(2)15(20)19-16(17)21)13-8-7-12-5-3-4-6-14(12)9-13/h3-11,18H,1-2H3,(H3,17,19,20,21)/t10-,11+/m0/s1. The fourth-order valence-electron chi connectivity index (χ4n) is 2.25. The van der Waals surface area contributed by atoms with E-state index in [-0.39, 0.29) is 6.04 Å². The van der Waals surface area contributed by atoms with Crippen molar-refractivity contribution in [3.05, 3.63) is 48.0 Å². The number of hydrogen-bond donors (Lipinski definition) is 3. The van der Waals surface area contributed by atoms with Crippen LogP contribution in [0.3, 0.4) is 0 Å². The molecule has 0 aliphatic carbocycles. The lowest BCUT2D eigenvalue weighted by Gasteiger charge is -2.19. The maximum atomic E-state index is 11.7. The van der Waals surface area contributed by atoms with Gasteiger partial charge in [-0.3, -0.25) is 15.4 Å². The van der Waals surface area contributed by atoms with Crippen LogP contribution >= 0.6 is 0 Å². The molecule has 0 unspecified atom stereocenters. The molecule has 0 heterocycles. The third-order valence-electron chi connectivity index (χ3n) is 3.41. The summed E-state index contributed by atoms with van der Waals surface area (Å²) in [7, 11) is 0. The Morgan fingerprint density at radius 1 is 1.05 bits per heavy atom. The van der Waals surface area contributed by atoms with E-state index in [1.807, 2.05) is 25.1 Å². The largest absolute Gasteiger partial charge is 0.351 e. The first-order chi connectivity index (χ1) is 9.97. The van der Waals surface area contributed by atoms with Crippen LogP contribution in [0.1, 0.15) is 25.5 Å². The maximum Gasteiger partial charge on any atom is 0.318 e. The van der Waals surface area contributed by atoms with Crippen molar-refractivity contribution in [3.63, 3.8) is 0 Å². The van der Waals surface area contributed by atoms with Crippen LogP contribution in [0.25, 0.3) is 10.8 Å². The van der Waals surface area contributed by atoms with Crippen molar-refractivity contribution in [2.24, 2.45) is 5.73 Å². The summed E-state index contributed by atoms with van der Waals surface area (Å²) in [5.41, 5.74) is 6.01. The van der Waals surface area contributed by atoms with Crippen molar-refractivity contribution in [2.45, 2.75) is 25.9 Å². The van der Waals surface area contributed by atoms with Gasteiger partial charge in [-0.05, 0) is 36.2 Å². The van der Waals surface area contributed by atoms with Crippen LogP contribution in [0, 0.1) is 0 Å². The van der Waals surface area contributed by atoms with Crippen LogP contribution in [-0.2, 0) is 4.79 Å². The van der Waals surface area contributed by atoms with Crippen LogP contribution in [0.2, 0.25) is 0 Å². The molecule has 0 bridgehead atoms. The van der Waals surface area contributed by atoms with Gasteiger partial charge < -0.3 is 5.73 Å². The molecule has 0 spiro atoms. The normalized spacial score (nSPS) is 13.6. The van der Waals surface area contributed by atoms with Gasteiger partial charge in [0.1, 0.15) is 0 Å². The predicted octanol–water partition coefficient (Wildman–Crippen LogP) is 2.07. The van der Waals surface area contributed by atoms with Gasteiger partial charge in [0, 0.05) is 6.04 Å². The molecule has 0 saturated carbocycles. The second kappa shape index (κ2) is 6.37. The quantitative estimate of drug-likeness (QED) is 0.804. The fourth-order valence-corrected chi connectivity index (χ4v) is 2.25. The van der Waals surface area contributed by atoms with Gasteiger partial charge in [-0.1, -0.05) is 36.4 Å². The average Bonchev–Trinajstić information content (AvgIpc) is 2.45. The van der Waals surface area contributed by atoms with Gasteiger partial charge in [-0.15, -0.1) is 0 Å². The van der Waals surface area contributed by atoms with Crippen LogP contribution < -0.4 is 16.4 Å². The predicted molar refractivity (Wildman–Crippen MR) is 82.7 cm³/mol. The number of amides is 3. The first-order valence-corrected chi connectivity index (χ1v) is 6.82. The minimum atomic E-state index is -0.841. The lowest BCUT2D eigenvalue weighted by atomic mass is 10.0. The molecule has 0 fully saturated rings. The van der Waals surface area contributed by atoms with Gasteiger partial charge in [0.05, 0.1) is 6.04 Å². The summed E-state index contributed by atoms with van der Waals surface area (Å²) in [5, 5.41) is 7.54. The maximum absolute atomic E-state index is 11.7. The number of carbonyl (C=O) groups excluding carboxylic acids is 2. The number of imide groups is 1. The number of nitrogens with two attached hydrogens (primary N) is 1. The number of benzene rings is 2. The number of primary amides is 1. The smallest absolute Gasteiger partial charge is 0.318 e. The third-order valence-corrected chi connectivity index (χ3v) is 3.41. The summed E-state index contributed by atoms with van der Waals surface area (Å²) in [4.78, 5) is 22.3. The molecule has 3 amide bonds. The topological polar surface area (TPSA) is 84.2 Å². The van der Waals surface area contributed by atoms with Crippen LogP contribution in [0.4, 0.5) is 4.79 Å². The van der Waals surface area contributed by atoms with E-state index >= 15 is 0 Å². The first-order valence-electron chi connectivity index (χ1n) is 6.82. The molecule has 5 heteroatoms. The molecule has 0 saturated heterocycles. The summed E-state index contributed by atoms with van der Waals surface area (Å²) >= 11 is 0. The Morgan fingerprint density at radius 2 is 1.71 bits per heavy atom. The van der Waals surface area contributed by atoms with Gasteiger partial charge in [0.15, 0.2) is 0 Å². The van der Waals surface area contributed by atoms with E-state index in [1.54, 1.807) is 6.92 Å². The second-order valence-corrected chi connectivity index (χ2v) is 5.07. The van der Waals surface area contributed by atoms with E-state index < -0.39 is 18.0 Å². The minimum absolute atomic E-state index is 0.0248. The minimum Gasteiger partial charge on any atom is -0.351 e. The van der Waals surface area contributed by atoms with Crippen LogP contribution in [-0.4, -0.2) is 18.0 Å². The lowest BCUT2D eigenvalue weighted by Crippen LogP contribution is -2.47. The number of nitrogens with one attached hydrogen (secondary N) is 2. The Hall–Kier alpha value is -2.40. The Balaban J connectivity index is 2.09. The average molecular weight is 285 g/mol. The van der Waals surface area contributed by atoms with Gasteiger partial charge in [-0.25, -0.2) is 4.79 Å².